The standard InChI is InChI=1S/C23H29N3O6/c1-6-30-21(27)17-12-16-15(13-26(17)22(28)32-23(2,3)4)8-9-18(29-5)20(16)31-14-19-24-10-7-11-25-19/h7-11,17H,6,12-14H2,1-5H3. The second-order valence-electron chi connectivity index (χ2n) is 8.27. The van der Waals surface area contributed by atoms with Gasteiger partial charge in [0.15, 0.2) is 17.3 Å². The lowest BCUT2D eigenvalue weighted by molar-refractivity contribution is -0.150. The smallest absolute Gasteiger partial charge is 0.411 e. The lowest BCUT2D eigenvalue weighted by Gasteiger charge is -2.37. The van der Waals surface area contributed by atoms with Crippen molar-refractivity contribution < 1.29 is 28.5 Å². The first-order valence-corrected chi connectivity index (χ1v) is 10.5. The minimum atomic E-state index is -0.847. The molecule has 0 aliphatic carbocycles. The number of carbonyl (C=O) groups excluding carboxylic acids is 2. The Morgan fingerprint density at radius 3 is 2.53 bits per heavy atom. The zero-order chi connectivity index (χ0) is 23.3. The molecular weight excluding hydrogens is 414 g/mol. The molecule has 1 aromatic carbocycles. The number of benzene rings is 1. The fourth-order valence-electron chi connectivity index (χ4n) is 3.44. The van der Waals surface area contributed by atoms with E-state index in [0.29, 0.717) is 17.3 Å². The maximum absolute atomic E-state index is 12.9. The number of fused-ring (bicyclic) bond motifs is 1. The van der Waals surface area contributed by atoms with Crippen molar-refractivity contribution in [1.29, 1.82) is 0 Å². The number of nitrogens with zero attached hydrogens (tertiary/aromatic N) is 3. The molecule has 1 aliphatic heterocycles. The predicted octanol–water partition coefficient (Wildman–Crippen LogP) is 3.29. The molecule has 0 bridgehead atoms. The molecule has 1 aliphatic rings. The Labute approximate surface area is 187 Å². The Hall–Kier alpha value is -3.36. The van der Waals surface area contributed by atoms with Crippen LogP contribution in [-0.4, -0.2) is 52.3 Å². The summed E-state index contributed by atoms with van der Waals surface area (Å²) in [5.74, 6) is 1.04. The summed E-state index contributed by atoms with van der Waals surface area (Å²) in [5, 5.41) is 0. The summed E-state index contributed by atoms with van der Waals surface area (Å²) in [6.07, 6.45) is 2.91. The van der Waals surface area contributed by atoms with Crippen LogP contribution in [0.15, 0.2) is 30.6 Å². The normalized spacial score (nSPS) is 15.5. The van der Waals surface area contributed by atoms with Gasteiger partial charge in [-0.3, -0.25) is 4.90 Å². The van der Waals surface area contributed by atoms with Crippen LogP contribution in [0.1, 0.15) is 44.6 Å². The molecule has 2 aromatic rings. The van der Waals surface area contributed by atoms with E-state index in [2.05, 4.69) is 9.97 Å². The Morgan fingerprint density at radius 2 is 1.91 bits per heavy atom. The first-order valence-electron chi connectivity index (χ1n) is 10.5. The molecule has 2 heterocycles. The summed E-state index contributed by atoms with van der Waals surface area (Å²) in [4.78, 5) is 35.4. The van der Waals surface area contributed by atoms with Gasteiger partial charge >= 0.3 is 12.1 Å². The number of esters is 1. The van der Waals surface area contributed by atoms with Gasteiger partial charge in [-0.1, -0.05) is 6.07 Å². The van der Waals surface area contributed by atoms with Crippen molar-refractivity contribution >= 4 is 12.1 Å². The topological polar surface area (TPSA) is 100 Å². The summed E-state index contributed by atoms with van der Waals surface area (Å²) in [7, 11) is 1.55. The van der Waals surface area contributed by atoms with Gasteiger partial charge in [-0.25, -0.2) is 19.6 Å². The average molecular weight is 444 g/mol. The minimum Gasteiger partial charge on any atom is -0.493 e. The van der Waals surface area contributed by atoms with Gasteiger partial charge in [0.2, 0.25) is 0 Å². The van der Waals surface area contributed by atoms with Crippen molar-refractivity contribution in [2.45, 2.75) is 58.9 Å². The van der Waals surface area contributed by atoms with E-state index in [-0.39, 0.29) is 26.2 Å². The first-order chi connectivity index (χ1) is 15.2. The molecular formula is C23H29N3O6. The summed E-state index contributed by atoms with van der Waals surface area (Å²) in [5.41, 5.74) is 0.916. The van der Waals surface area contributed by atoms with E-state index in [0.717, 1.165) is 11.1 Å². The zero-order valence-corrected chi connectivity index (χ0v) is 19.1. The second-order valence-corrected chi connectivity index (χ2v) is 8.27. The molecule has 1 aromatic heterocycles. The van der Waals surface area contributed by atoms with Gasteiger partial charge in [-0.2, -0.15) is 0 Å². The van der Waals surface area contributed by atoms with E-state index in [4.69, 9.17) is 18.9 Å². The number of carbonyl (C=O) groups is 2. The molecule has 0 saturated carbocycles. The highest BCUT2D eigenvalue weighted by Crippen LogP contribution is 2.39. The monoisotopic (exact) mass is 443 g/mol. The largest absolute Gasteiger partial charge is 0.493 e. The van der Waals surface area contributed by atoms with Gasteiger partial charge in [0.25, 0.3) is 0 Å². The summed E-state index contributed by atoms with van der Waals surface area (Å²) >= 11 is 0. The number of hydrogen-bond donors (Lipinski definition) is 0. The molecule has 32 heavy (non-hydrogen) atoms. The second kappa shape index (κ2) is 9.84. The van der Waals surface area contributed by atoms with Crippen molar-refractivity contribution in [3.63, 3.8) is 0 Å². The zero-order valence-electron chi connectivity index (χ0n) is 19.1. The summed E-state index contributed by atoms with van der Waals surface area (Å²) in [6, 6.07) is 4.51. The van der Waals surface area contributed by atoms with Crippen molar-refractivity contribution in [3.8, 4) is 11.5 Å². The Morgan fingerprint density at radius 1 is 1.19 bits per heavy atom. The van der Waals surface area contributed by atoms with Gasteiger partial charge in [-0.05, 0) is 45.4 Å². The van der Waals surface area contributed by atoms with Crippen molar-refractivity contribution in [2.24, 2.45) is 0 Å². The number of ether oxygens (including phenoxy) is 4. The molecule has 0 N–H and O–H groups in total. The van der Waals surface area contributed by atoms with Crippen LogP contribution < -0.4 is 9.47 Å². The molecule has 3 rings (SSSR count). The average Bonchev–Trinajstić information content (AvgIpc) is 2.76. The van der Waals surface area contributed by atoms with Crippen LogP contribution in [0.2, 0.25) is 0 Å². The molecule has 9 heteroatoms. The van der Waals surface area contributed by atoms with Crippen LogP contribution >= 0.6 is 0 Å². The summed E-state index contributed by atoms with van der Waals surface area (Å²) < 4.78 is 22.3. The van der Waals surface area contributed by atoms with E-state index in [9.17, 15) is 9.59 Å². The van der Waals surface area contributed by atoms with E-state index in [1.54, 1.807) is 59.3 Å². The lowest BCUT2D eigenvalue weighted by atomic mass is 9.92. The molecule has 0 spiro atoms. The fourth-order valence-corrected chi connectivity index (χ4v) is 3.44. The highest BCUT2D eigenvalue weighted by atomic mass is 16.6. The highest BCUT2D eigenvalue weighted by Gasteiger charge is 2.39. The van der Waals surface area contributed by atoms with Crippen molar-refractivity contribution in [3.05, 3.63) is 47.5 Å². The molecule has 0 radical (unpaired) electrons. The lowest BCUT2D eigenvalue weighted by Crippen LogP contribution is -2.50. The first kappa shape index (κ1) is 23.3. The third-order valence-electron chi connectivity index (χ3n) is 4.81. The maximum atomic E-state index is 12.9. The van der Waals surface area contributed by atoms with Gasteiger partial charge in [0, 0.05) is 24.4 Å². The van der Waals surface area contributed by atoms with Crippen molar-refractivity contribution in [1.82, 2.24) is 14.9 Å². The van der Waals surface area contributed by atoms with Gasteiger partial charge < -0.3 is 18.9 Å². The number of aromatic nitrogens is 2. The van der Waals surface area contributed by atoms with Gasteiger partial charge in [0.05, 0.1) is 20.3 Å². The predicted molar refractivity (Wildman–Crippen MR) is 115 cm³/mol. The van der Waals surface area contributed by atoms with Crippen LogP contribution in [0.5, 0.6) is 11.5 Å². The quantitative estimate of drug-likeness (QED) is 0.627. The Bertz CT molecular complexity index is 958. The number of amides is 1. The van der Waals surface area contributed by atoms with Crippen molar-refractivity contribution in [2.75, 3.05) is 13.7 Å². The van der Waals surface area contributed by atoms with Crippen LogP contribution in [0, 0.1) is 0 Å². The number of hydrogen-bond acceptors (Lipinski definition) is 8. The van der Waals surface area contributed by atoms with Crippen LogP contribution in [0.3, 0.4) is 0 Å². The maximum Gasteiger partial charge on any atom is 0.411 e. The third-order valence-corrected chi connectivity index (χ3v) is 4.81. The van der Waals surface area contributed by atoms with E-state index >= 15 is 0 Å². The van der Waals surface area contributed by atoms with Crippen LogP contribution in [0.4, 0.5) is 4.79 Å². The molecule has 1 amide bonds. The number of rotatable bonds is 6. The fraction of sp³-hybridized carbons (Fsp3) is 0.478. The highest BCUT2D eigenvalue weighted by molar-refractivity contribution is 5.83. The van der Waals surface area contributed by atoms with Crippen LogP contribution in [-0.2, 0) is 33.8 Å². The van der Waals surface area contributed by atoms with E-state index in [1.807, 2.05) is 6.07 Å². The molecule has 1 unspecified atom stereocenters. The molecule has 172 valence electrons. The van der Waals surface area contributed by atoms with Crippen LogP contribution in [0.25, 0.3) is 0 Å². The van der Waals surface area contributed by atoms with Gasteiger partial charge in [-0.15, -0.1) is 0 Å². The number of methoxy groups -OCH3 is 1. The summed E-state index contributed by atoms with van der Waals surface area (Å²) in [6.45, 7) is 7.59. The Kier molecular flexibility index (Phi) is 7.17. The molecule has 0 fully saturated rings. The molecule has 9 nitrogen and oxygen atoms in total. The van der Waals surface area contributed by atoms with Gasteiger partial charge in [0.1, 0.15) is 18.2 Å². The minimum absolute atomic E-state index is 0.132. The molecule has 1 atom stereocenters. The third kappa shape index (κ3) is 5.46. The van der Waals surface area contributed by atoms with E-state index < -0.39 is 23.7 Å². The van der Waals surface area contributed by atoms with E-state index in [1.165, 1.54) is 4.90 Å². The SMILES string of the molecule is CCOC(=O)C1Cc2c(ccc(OC)c2OCc2ncccn2)CN1C(=O)OC(C)(C)C. The molecule has 0 saturated heterocycles. The Balaban J connectivity index is 1.95.